The Hall–Kier alpha value is -1.76. The summed E-state index contributed by atoms with van der Waals surface area (Å²) < 4.78 is 37.3. The Balaban J connectivity index is 2.00. The van der Waals surface area contributed by atoms with Gasteiger partial charge in [0.2, 0.25) is 6.23 Å². The number of urea groups is 1. The molecule has 7 heteroatoms. The lowest BCUT2D eigenvalue weighted by Gasteiger charge is -2.19. The quantitative estimate of drug-likeness (QED) is 0.804. The minimum Gasteiger partial charge on any atom is -0.332 e. The fourth-order valence-electron chi connectivity index (χ4n) is 1.64. The molecule has 1 unspecified atom stereocenters. The smallest absolute Gasteiger partial charge is 0.332 e. The van der Waals surface area contributed by atoms with E-state index in [4.69, 9.17) is 4.84 Å². The highest BCUT2D eigenvalue weighted by molar-refractivity contribution is 5.75. The Morgan fingerprint density at radius 3 is 2.20 bits per heavy atom. The molecule has 20 heavy (non-hydrogen) atoms. The van der Waals surface area contributed by atoms with Crippen LogP contribution in [0, 0.1) is 0 Å². The molecule has 4 nitrogen and oxygen atoms in total. The molecule has 1 aliphatic heterocycles. The molecule has 1 N–H and O–H groups in total. The largest absolute Gasteiger partial charge is 0.416 e. The number of carbonyl (C=O) groups excluding carboxylic acids is 1. The second kappa shape index (κ2) is 4.66. The lowest BCUT2D eigenvalue weighted by Crippen LogP contribution is -2.43. The van der Waals surface area contributed by atoms with E-state index in [0.29, 0.717) is 5.56 Å². The van der Waals surface area contributed by atoms with Gasteiger partial charge in [-0.2, -0.15) is 18.2 Å². The van der Waals surface area contributed by atoms with Gasteiger partial charge in [0, 0.05) is 11.1 Å². The van der Waals surface area contributed by atoms with E-state index in [1.165, 1.54) is 12.1 Å². The maximum Gasteiger partial charge on any atom is 0.416 e. The van der Waals surface area contributed by atoms with Crippen molar-refractivity contribution in [3.05, 3.63) is 35.4 Å². The summed E-state index contributed by atoms with van der Waals surface area (Å²) in [6, 6.07) is 4.13. The molecule has 1 aliphatic rings. The molecular weight excluding hydrogens is 273 g/mol. The molecule has 1 atom stereocenters. The SMILES string of the molecule is CC(C)(C)NC(=O)N1OC1c1ccc(C(F)(F)F)cc1. The van der Waals surface area contributed by atoms with Crippen molar-refractivity contribution in [1.29, 1.82) is 0 Å². The Morgan fingerprint density at radius 2 is 1.75 bits per heavy atom. The molecule has 0 spiro atoms. The van der Waals surface area contributed by atoms with Gasteiger partial charge in [0.15, 0.2) is 0 Å². The summed E-state index contributed by atoms with van der Waals surface area (Å²) in [6.45, 7) is 5.46. The van der Waals surface area contributed by atoms with Gasteiger partial charge in [0.25, 0.3) is 0 Å². The van der Waals surface area contributed by atoms with E-state index in [1.807, 2.05) is 20.8 Å². The van der Waals surface area contributed by atoms with E-state index >= 15 is 0 Å². The number of nitrogens with zero attached hydrogens (tertiary/aromatic N) is 1. The summed E-state index contributed by atoms with van der Waals surface area (Å²) in [5.41, 5.74) is -0.636. The summed E-state index contributed by atoms with van der Waals surface area (Å²) in [5.74, 6) is 0. The Kier molecular flexibility index (Phi) is 3.41. The van der Waals surface area contributed by atoms with Crippen LogP contribution in [0.2, 0.25) is 0 Å². The standard InChI is InChI=1S/C13H15F3N2O2/c1-12(2,3)17-11(19)18-10(20-18)8-4-6-9(7-5-8)13(14,15)16/h4-7,10H,1-3H3,(H,17,19). The van der Waals surface area contributed by atoms with E-state index < -0.39 is 29.5 Å². The Morgan fingerprint density at radius 1 is 1.20 bits per heavy atom. The molecule has 1 aromatic carbocycles. The van der Waals surface area contributed by atoms with Crippen LogP contribution in [0.5, 0.6) is 0 Å². The molecule has 0 aliphatic carbocycles. The van der Waals surface area contributed by atoms with E-state index in [2.05, 4.69) is 5.32 Å². The average Bonchev–Trinajstić information content (AvgIpc) is 3.05. The third-order valence-corrected chi connectivity index (χ3v) is 2.59. The number of halogens is 3. The molecule has 1 aromatic rings. The molecule has 0 aromatic heterocycles. The van der Waals surface area contributed by atoms with Gasteiger partial charge in [-0.05, 0) is 32.9 Å². The van der Waals surface area contributed by atoms with Crippen molar-refractivity contribution in [2.45, 2.75) is 38.7 Å². The van der Waals surface area contributed by atoms with Gasteiger partial charge in [-0.3, -0.25) is 0 Å². The van der Waals surface area contributed by atoms with Crippen LogP contribution in [0.1, 0.15) is 38.1 Å². The number of rotatable bonds is 1. The van der Waals surface area contributed by atoms with Gasteiger partial charge in [-0.15, -0.1) is 0 Å². The van der Waals surface area contributed by atoms with Crippen LogP contribution in [0.3, 0.4) is 0 Å². The van der Waals surface area contributed by atoms with E-state index in [0.717, 1.165) is 17.2 Å². The maximum atomic E-state index is 12.4. The summed E-state index contributed by atoms with van der Waals surface area (Å²) in [6.07, 6.45) is -4.99. The zero-order valence-electron chi connectivity index (χ0n) is 11.3. The van der Waals surface area contributed by atoms with Crippen LogP contribution in [-0.4, -0.2) is 16.6 Å². The second-order valence-electron chi connectivity index (χ2n) is 5.58. The van der Waals surface area contributed by atoms with Crippen molar-refractivity contribution in [2.24, 2.45) is 0 Å². The van der Waals surface area contributed by atoms with Crippen molar-refractivity contribution >= 4 is 6.03 Å². The van der Waals surface area contributed by atoms with Gasteiger partial charge >= 0.3 is 12.2 Å². The molecule has 1 fully saturated rings. The summed E-state index contributed by atoms with van der Waals surface area (Å²) in [5, 5.41) is 3.79. The molecule has 1 heterocycles. The molecular formula is C13H15F3N2O2. The van der Waals surface area contributed by atoms with Crippen LogP contribution < -0.4 is 5.32 Å². The predicted molar refractivity (Wildman–Crippen MR) is 65.4 cm³/mol. The summed E-state index contributed by atoms with van der Waals surface area (Å²) in [4.78, 5) is 16.8. The summed E-state index contributed by atoms with van der Waals surface area (Å²) in [7, 11) is 0. The highest BCUT2D eigenvalue weighted by Crippen LogP contribution is 2.38. The number of hydrogen-bond acceptors (Lipinski definition) is 2. The van der Waals surface area contributed by atoms with Crippen molar-refractivity contribution in [3.63, 3.8) is 0 Å². The molecule has 0 bridgehead atoms. The fraction of sp³-hybridized carbons (Fsp3) is 0.462. The van der Waals surface area contributed by atoms with E-state index in [1.54, 1.807) is 0 Å². The zero-order chi connectivity index (χ0) is 15.1. The molecule has 0 saturated carbocycles. The third kappa shape index (κ3) is 3.41. The zero-order valence-corrected chi connectivity index (χ0v) is 11.3. The number of hydroxylamine groups is 2. The first-order valence-corrected chi connectivity index (χ1v) is 6.03. The topological polar surface area (TPSA) is 44.6 Å². The monoisotopic (exact) mass is 288 g/mol. The van der Waals surface area contributed by atoms with Crippen LogP contribution in [0.15, 0.2) is 24.3 Å². The first kappa shape index (κ1) is 14.6. The number of benzene rings is 1. The minimum atomic E-state index is -4.37. The van der Waals surface area contributed by atoms with Gasteiger partial charge in [-0.25, -0.2) is 9.63 Å². The lowest BCUT2D eigenvalue weighted by atomic mass is 10.1. The molecule has 1 saturated heterocycles. The van der Waals surface area contributed by atoms with Crippen LogP contribution in [0.25, 0.3) is 0 Å². The highest BCUT2D eigenvalue weighted by Gasteiger charge is 2.44. The minimum absolute atomic E-state index is 0.409. The van der Waals surface area contributed by atoms with Crippen LogP contribution in [-0.2, 0) is 11.0 Å². The molecule has 2 rings (SSSR count). The fourth-order valence-corrected chi connectivity index (χ4v) is 1.64. The lowest BCUT2D eigenvalue weighted by molar-refractivity contribution is -0.137. The van der Waals surface area contributed by atoms with E-state index in [-0.39, 0.29) is 0 Å². The number of nitrogens with one attached hydrogen (secondary N) is 1. The van der Waals surface area contributed by atoms with Gasteiger partial charge < -0.3 is 5.32 Å². The third-order valence-electron chi connectivity index (χ3n) is 2.59. The van der Waals surface area contributed by atoms with Gasteiger partial charge in [0.1, 0.15) is 0 Å². The number of carbonyl (C=O) groups is 1. The molecule has 0 radical (unpaired) electrons. The second-order valence-corrected chi connectivity index (χ2v) is 5.58. The highest BCUT2D eigenvalue weighted by atomic mass is 19.4. The van der Waals surface area contributed by atoms with Gasteiger partial charge in [-0.1, -0.05) is 12.1 Å². The maximum absolute atomic E-state index is 12.4. The van der Waals surface area contributed by atoms with Crippen molar-refractivity contribution in [2.75, 3.05) is 0 Å². The Bertz CT molecular complexity index is 506. The van der Waals surface area contributed by atoms with Crippen LogP contribution >= 0.6 is 0 Å². The summed E-state index contributed by atoms with van der Waals surface area (Å²) >= 11 is 0. The number of amides is 2. The predicted octanol–water partition coefficient (Wildman–Crippen LogP) is 3.46. The van der Waals surface area contributed by atoms with Crippen molar-refractivity contribution in [3.8, 4) is 0 Å². The first-order valence-electron chi connectivity index (χ1n) is 6.03. The Labute approximate surface area is 114 Å². The van der Waals surface area contributed by atoms with Gasteiger partial charge in [0.05, 0.1) is 5.56 Å². The van der Waals surface area contributed by atoms with Crippen molar-refractivity contribution in [1.82, 2.24) is 10.4 Å². The van der Waals surface area contributed by atoms with E-state index in [9.17, 15) is 18.0 Å². The number of alkyl halides is 3. The van der Waals surface area contributed by atoms with Crippen LogP contribution in [0.4, 0.5) is 18.0 Å². The average molecular weight is 288 g/mol. The molecule has 110 valence electrons. The van der Waals surface area contributed by atoms with Crippen molar-refractivity contribution < 1.29 is 22.8 Å². The normalized spacial score (nSPS) is 18.9. The first-order chi connectivity index (χ1) is 9.08. The molecule has 2 amide bonds. The number of hydrogen-bond donors (Lipinski definition) is 1.